The second kappa shape index (κ2) is 8.04. The van der Waals surface area contributed by atoms with Crippen molar-refractivity contribution >= 4 is 35.1 Å². The summed E-state index contributed by atoms with van der Waals surface area (Å²) in [5, 5.41) is 6.90. The van der Waals surface area contributed by atoms with E-state index in [0.717, 1.165) is 29.7 Å². The Morgan fingerprint density at radius 3 is 2.47 bits per heavy atom. The molecule has 4 nitrogen and oxygen atoms in total. The van der Waals surface area contributed by atoms with Crippen molar-refractivity contribution in [2.75, 3.05) is 0 Å². The average Bonchev–Trinajstić information content (AvgIpc) is 2.98. The summed E-state index contributed by atoms with van der Waals surface area (Å²) >= 11 is 5.98. The third kappa shape index (κ3) is 4.44. The van der Waals surface area contributed by atoms with Gasteiger partial charge in [0.25, 0.3) is 5.91 Å². The van der Waals surface area contributed by atoms with E-state index in [1.54, 1.807) is 18.2 Å². The maximum atomic E-state index is 13.3. The first-order valence-corrected chi connectivity index (χ1v) is 10.4. The van der Waals surface area contributed by atoms with E-state index in [2.05, 4.69) is 31.8 Å². The lowest BCUT2D eigenvalue weighted by molar-refractivity contribution is -0.122. The highest BCUT2D eigenvalue weighted by atomic mass is 35.5. The van der Waals surface area contributed by atoms with Crippen LogP contribution in [0.1, 0.15) is 44.7 Å². The van der Waals surface area contributed by atoms with Crippen LogP contribution in [0.25, 0.3) is 6.08 Å². The van der Waals surface area contributed by atoms with Crippen LogP contribution in [0.2, 0.25) is 5.02 Å². The minimum absolute atomic E-state index is 0.0238. The van der Waals surface area contributed by atoms with E-state index < -0.39 is 0 Å². The number of carbonyl (C=O) groups is 1. The number of nitrogens with zero attached hydrogens (tertiary/aromatic N) is 3. The number of benzene rings is 2. The van der Waals surface area contributed by atoms with Gasteiger partial charge in [-0.25, -0.2) is 4.99 Å². The van der Waals surface area contributed by atoms with Crippen molar-refractivity contribution in [3.63, 3.8) is 0 Å². The molecule has 2 aromatic carbocycles. The smallest absolute Gasteiger partial charge is 0.265 e. The summed E-state index contributed by atoms with van der Waals surface area (Å²) in [5.74, 6) is 0.333. The van der Waals surface area contributed by atoms with Crippen molar-refractivity contribution in [3.05, 3.63) is 88.1 Å². The third-order valence-electron chi connectivity index (χ3n) is 5.06. The van der Waals surface area contributed by atoms with E-state index in [1.165, 1.54) is 10.6 Å². The number of amidine groups is 1. The molecule has 5 heteroatoms. The summed E-state index contributed by atoms with van der Waals surface area (Å²) in [6.45, 7) is 6.49. The van der Waals surface area contributed by atoms with Crippen molar-refractivity contribution in [2.45, 2.75) is 33.6 Å². The van der Waals surface area contributed by atoms with Gasteiger partial charge in [0, 0.05) is 22.7 Å². The lowest BCUT2D eigenvalue weighted by Gasteiger charge is -2.28. The van der Waals surface area contributed by atoms with Gasteiger partial charge in [0.15, 0.2) is 5.84 Å². The van der Waals surface area contributed by atoms with Gasteiger partial charge in [-0.2, -0.15) is 10.1 Å². The predicted molar refractivity (Wildman–Crippen MR) is 123 cm³/mol. The quantitative estimate of drug-likeness (QED) is 0.440. The molecule has 0 atom stereocenters. The summed E-state index contributed by atoms with van der Waals surface area (Å²) in [4.78, 5) is 17.9. The van der Waals surface area contributed by atoms with E-state index >= 15 is 0 Å². The fraction of sp³-hybridized carbons (Fsp3) is 0.240. The van der Waals surface area contributed by atoms with Crippen LogP contribution in [0.5, 0.6) is 0 Å². The van der Waals surface area contributed by atoms with Crippen LogP contribution >= 0.6 is 11.6 Å². The maximum Gasteiger partial charge on any atom is 0.298 e. The van der Waals surface area contributed by atoms with Crippen molar-refractivity contribution in [2.24, 2.45) is 15.5 Å². The van der Waals surface area contributed by atoms with Gasteiger partial charge in [-0.1, -0.05) is 79.6 Å². The molecule has 0 saturated carbocycles. The van der Waals surface area contributed by atoms with Gasteiger partial charge >= 0.3 is 0 Å². The van der Waals surface area contributed by atoms with E-state index in [9.17, 15) is 4.79 Å². The second-order valence-corrected chi connectivity index (χ2v) is 8.94. The van der Waals surface area contributed by atoms with Crippen LogP contribution in [-0.4, -0.2) is 22.5 Å². The molecule has 2 aliphatic rings. The highest BCUT2D eigenvalue weighted by Crippen LogP contribution is 2.32. The maximum absolute atomic E-state index is 13.3. The van der Waals surface area contributed by atoms with Gasteiger partial charge in [0.2, 0.25) is 0 Å². The monoisotopic (exact) mass is 417 g/mol. The first-order chi connectivity index (χ1) is 14.3. The average molecular weight is 418 g/mol. The molecule has 4 rings (SSSR count). The van der Waals surface area contributed by atoms with E-state index in [0.29, 0.717) is 16.6 Å². The number of hydrogen-bond acceptors (Lipinski definition) is 3. The molecule has 0 bridgehead atoms. The Balaban J connectivity index is 1.74. The molecule has 1 amide bonds. The van der Waals surface area contributed by atoms with Crippen LogP contribution in [0.15, 0.2) is 82.0 Å². The van der Waals surface area contributed by atoms with Crippen molar-refractivity contribution < 1.29 is 4.79 Å². The summed E-state index contributed by atoms with van der Waals surface area (Å²) in [5.41, 5.74) is 4.37. The highest BCUT2D eigenvalue weighted by molar-refractivity contribution is 6.30. The van der Waals surface area contributed by atoms with Crippen LogP contribution in [0.3, 0.4) is 0 Å². The number of allylic oxidation sites excluding steroid dienone is 2. The number of amides is 1. The molecule has 0 N–H and O–H groups in total. The normalized spacial score (nSPS) is 21.2. The van der Waals surface area contributed by atoms with Crippen LogP contribution in [0.4, 0.5) is 0 Å². The molecule has 2 aromatic rings. The highest BCUT2D eigenvalue weighted by Gasteiger charge is 2.33. The van der Waals surface area contributed by atoms with Crippen molar-refractivity contribution in [3.8, 4) is 0 Å². The minimum Gasteiger partial charge on any atom is -0.265 e. The van der Waals surface area contributed by atoms with E-state index in [-0.39, 0.29) is 11.3 Å². The zero-order valence-electron chi connectivity index (χ0n) is 17.4. The Labute approximate surface area is 182 Å². The largest absolute Gasteiger partial charge is 0.298 e. The number of hydrazone groups is 1. The fourth-order valence-corrected chi connectivity index (χ4v) is 4.11. The third-order valence-corrected chi connectivity index (χ3v) is 5.32. The predicted octanol–water partition coefficient (Wildman–Crippen LogP) is 6.09. The molecule has 1 heterocycles. The lowest BCUT2D eigenvalue weighted by atomic mass is 9.79. The van der Waals surface area contributed by atoms with Crippen LogP contribution in [-0.2, 0) is 4.79 Å². The molecule has 0 unspecified atom stereocenters. The minimum atomic E-state index is -0.221. The van der Waals surface area contributed by atoms with Crippen molar-refractivity contribution in [1.82, 2.24) is 5.01 Å². The first kappa shape index (κ1) is 20.3. The number of halogens is 1. The van der Waals surface area contributed by atoms with Gasteiger partial charge in [-0.15, -0.1) is 0 Å². The summed E-state index contributed by atoms with van der Waals surface area (Å²) in [6.07, 6.45) is 5.64. The summed E-state index contributed by atoms with van der Waals surface area (Å²) < 4.78 is 0. The summed E-state index contributed by atoms with van der Waals surface area (Å²) in [6, 6.07) is 17.0. The number of rotatable bonds is 3. The van der Waals surface area contributed by atoms with Gasteiger partial charge < -0.3 is 0 Å². The molecule has 30 heavy (non-hydrogen) atoms. The molecule has 0 aromatic heterocycles. The Bertz CT molecular complexity index is 1090. The van der Waals surface area contributed by atoms with Gasteiger partial charge in [-0.3, -0.25) is 4.79 Å². The standard InChI is InChI=1S/C25H24ClN3O/c1-17-13-21(16-25(2,3)15-17)28-29-23(19-7-5-4-6-8-19)27-22(24(29)30)14-18-9-11-20(26)12-10-18/h4-12,14-15H,13,16H2,1-3H3/b22-14+,28-21+. The Kier molecular flexibility index (Phi) is 5.44. The zero-order valence-corrected chi connectivity index (χ0v) is 18.1. The SMILES string of the molecule is CC1=CC(C)(C)C/C(=N/N2C(=O)/C(=C\c3ccc(Cl)cc3)N=C2c2ccccc2)C1. The number of carbonyl (C=O) groups excluding carboxylic acids is 1. The first-order valence-electron chi connectivity index (χ1n) is 10.0. The Morgan fingerprint density at radius 2 is 1.80 bits per heavy atom. The number of aliphatic imine (C=N–C) groups is 1. The topological polar surface area (TPSA) is 45.0 Å². The van der Waals surface area contributed by atoms with Gasteiger partial charge in [0.1, 0.15) is 5.70 Å². The van der Waals surface area contributed by atoms with E-state index in [1.807, 2.05) is 42.5 Å². The molecular weight excluding hydrogens is 394 g/mol. The molecule has 0 saturated heterocycles. The molecule has 0 fully saturated rings. The van der Waals surface area contributed by atoms with Gasteiger partial charge in [-0.05, 0) is 42.5 Å². The van der Waals surface area contributed by atoms with Crippen LogP contribution in [0, 0.1) is 5.41 Å². The van der Waals surface area contributed by atoms with Crippen LogP contribution < -0.4 is 0 Å². The summed E-state index contributed by atoms with van der Waals surface area (Å²) in [7, 11) is 0. The van der Waals surface area contributed by atoms with E-state index in [4.69, 9.17) is 16.7 Å². The molecule has 0 spiro atoms. The molecule has 152 valence electrons. The second-order valence-electron chi connectivity index (χ2n) is 8.50. The fourth-order valence-electron chi connectivity index (χ4n) is 3.98. The van der Waals surface area contributed by atoms with Crippen molar-refractivity contribution in [1.29, 1.82) is 0 Å². The molecule has 0 radical (unpaired) electrons. The molecule has 1 aliphatic carbocycles. The Morgan fingerprint density at radius 1 is 1.10 bits per heavy atom. The van der Waals surface area contributed by atoms with Gasteiger partial charge in [0.05, 0.1) is 0 Å². The Hall–Kier alpha value is -2.98. The zero-order chi connectivity index (χ0) is 21.3. The number of hydrogen-bond donors (Lipinski definition) is 0. The lowest BCUT2D eigenvalue weighted by Crippen LogP contribution is -2.31. The molecular formula is C25H24ClN3O. The molecule has 1 aliphatic heterocycles.